The number of nitrogens with zero attached hydrogens (tertiary/aromatic N) is 5. The molecule has 10 heteroatoms. The minimum atomic E-state index is -1.07. The van der Waals surface area contributed by atoms with Crippen molar-refractivity contribution in [1.29, 1.82) is 0 Å². The van der Waals surface area contributed by atoms with E-state index in [1.54, 1.807) is 31.3 Å². The van der Waals surface area contributed by atoms with Crippen LogP contribution < -0.4 is 10.9 Å². The molecule has 0 bridgehead atoms. The molecule has 172 valence electrons. The summed E-state index contributed by atoms with van der Waals surface area (Å²) in [5.41, 5.74) is 0.0979. The van der Waals surface area contributed by atoms with Gasteiger partial charge in [-0.05, 0) is 43.9 Å². The number of aliphatic hydroxyl groups is 1. The van der Waals surface area contributed by atoms with Gasteiger partial charge in [0.25, 0.3) is 11.5 Å². The summed E-state index contributed by atoms with van der Waals surface area (Å²) in [7, 11) is 1.56. The molecule has 3 heterocycles. The Kier molecular flexibility index (Phi) is 5.24. The van der Waals surface area contributed by atoms with Gasteiger partial charge in [0, 0.05) is 31.6 Å². The molecule has 1 saturated heterocycles. The molecule has 1 aliphatic carbocycles. The zero-order chi connectivity index (χ0) is 23.2. The molecule has 1 aliphatic heterocycles. The molecule has 2 fully saturated rings. The van der Waals surface area contributed by atoms with E-state index in [0.29, 0.717) is 48.2 Å². The van der Waals surface area contributed by atoms with Gasteiger partial charge >= 0.3 is 0 Å². The molecule has 0 radical (unpaired) electrons. The van der Waals surface area contributed by atoms with E-state index in [1.165, 1.54) is 21.8 Å². The fraction of sp³-hybridized carbons (Fsp3) is 0.435. The first-order valence-electron chi connectivity index (χ1n) is 11.2. The fourth-order valence-electron chi connectivity index (χ4n) is 4.38. The van der Waals surface area contributed by atoms with Crippen LogP contribution in [0.5, 0.6) is 0 Å². The van der Waals surface area contributed by atoms with E-state index in [1.807, 2.05) is 4.90 Å². The summed E-state index contributed by atoms with van der Waals surface area (Å²) >= 11 is 0. The van der Waals surface area contributed by atoms with Crippen molar-refractivity contribution in [3.63, 3.8) is 0 Å². The number of amides is 2. The van der Waals surface area contributed by atoms with Crippen LogP contribution in [0.1, 0.15) is 36.0 Å². The lowest BCUT2D eigenvalue weighted by Gasteiger charge is -2.38. The van der Waals surface area contributed by atoms with Crippen molar-refractivity contribution in [3.05, 3.63) is 52.7 Å². The topological polar surface area (TPSA) is 122 Å². The molecule has 1 aromatic carbocycles. The number of hydrogen-bond acceptors (Lipinski definition) is 6. The average molecular weight is 450 g/mol. The van der Waals surface area contributed by atoms with Gasteiger partial charge in [-0.15, -0.1) is 0 Å². The largest absolute Gasteiger partial charge is 0.388 e. The third kappa shape index (κ3) is 4.02. The van der Waals surface area contributed by atoms with Gasteiger partial charge < -0.3 is 15.3 Å². The number of hydrogen-bond donors (Lipinski definition) is 2. The minimum Gasteiger partial charge on any atom is -0.388 e. The first-order valence-corrected chi connectivity index (χ1v) is 11.2. The maximum atomic E-state index is 13.1. The summed E-state index contributed by atoms with van der Waals surface area (Å²) < 4.78 is 2.93. The Hall–Kier alpha value is -3.53. The normalized spacial score (nSPS) is 17.8. The van der Waals surface area contributed by atoms with Crippen molar-refractivity contribution in [2.24, 2.45) is 5.92 Å². The molecular weight excluding hydrogens is 424 g/mol. The average Bonchev–Trinajstić information content (AvgIpc) is 3.59. The van der Waals surface area contributed by atoms with E-state index >= 15 is 0 Å². The Labute approximate surface area is 189 Å². The number of aromatic nitrogens is 4. The maximum absolute atomic E-state index is 13.1. The quantitative estimate of drug-likeness (QED) is 0.590. The smallest absolute Gasteiger partial charge is 0.264 e. The second-order valence-electron chi connectivity index (χ2n) is 8.92. The maximum Gasteiger partial charge on any atom is 0.264 e. The summed E-state index contributed by atoms with van der Waals surface area (Å²) in [5.74, 6) is 0.131. The Morgan fingerprint density at radius 3 is 2.70 bits per heavy atom. The van der Waals surface area contributed by atoms with Crippen LogP contribution in [0, 0.1) is 5.92 Å². The fourth-order valence-corrected chi connectivity index (χ4v) is 4.38. The molecule has 1 saturated carbocycles. The molecule has 2 aromatic heterocycles. The van der Waals surface area contributed by atoms with E-state index < -0.39 is 5.60 Å². The van der Waals surface area contributed by atoms with Crippen LogP contribution in [-0.4, -0.2) is 66.9 Å². The Morgan fingerprint density at radius 1 is 1.24 bits per heavy atom. The number of rotatable bonds is 5. The van der Waals surface area contributed by atoms with E-state index in [4.69, 9.17) is 0 Å². The summed E-state index contributed by atoms with van der Waals surface area (Å²) in [6.07, 6.45) is 5.64. The van der Waals surface area contributed by atoms with Crippen LogP contribution in [0.25, 0.3) is 16.7 Å². The number of carbonyl (C=O) groups is 2. The third-order valence-electron chi connectivity index (χ3n) is 6.53. The molecule has 10 nitrogen and oxygen atoms in total. The summed E-state index contributed by atoms with van der Waals surface area (Å²) in [4.78, 5) is 43.6. The molecule has 3 aromatic rings. The minimum absolute atomic E-state index is 0.109. The lowest BCUT2D eigenvalue weighted by molar-refractivity contribution is -0.137. The summed E-state index contributed by atoms with van der Waals surface area (Å²) in [5, 5.41) is 18.3. The van der Waals surface area contributed by atoms with Crippen LogP contribution in [-0.2, 0) is 11.3 Å². The van der Waals surface area contributed by atoms with Gasteiger partial charge in [-0.3, -0.25) is 19.0 Å². The van der Waals surface area contributed by atoms with E-state index in [-0.39, 0.29) is 29.8 Å². The number of nitrogens with one attached hydrogen (secondary N) is 1. The number of likely N-dealkylation sites (tertiary alicyclic amines) is 1. The van der Waals surface area contributed by atoms with E-state index in [9.17, 15) is 19.5 Å². The number of piperidine rings is 1. The Balaban J connectivity index is 1.37. The predicted molar refractivity (Wildman–Crippen MR) is 120 cm³/mol. The standard InChI is InChI=1S/C23H26N6O4/c1-24-20(30)16-3-2-4-17(11-16)29-19-18(12-26-29)22(32)28(14-25-19)13-23(33)7-9-27(10-8-23)21(31)15-5-6-15/h2-4,11-12,14-15,33H,5-10,13H2,1H3,(H,24,30). The van der Waals surface area contributed by atoms with Crippen molar-refractivity contribution in [2.75, 3.05) is 20.1 Å². The monoisotopic (exact) mass is 450 g/mol. The Morgan fingerprint density at radius 2 is 2.00 bits per heavy atom. The van der Waals surface area contributed by atoms with Crippen LogP contribution in [0.15, 0.2) is 41.6 Å². The Bertz CT molecular complexity index is 1280. The highest BCUT2D eigenvalue weighted by atomic mass is 16.3. The molecule has 0 spiro atoms. The van der Waals surface area contributed by atoms with Crippen molar-refractivity contribution in [3.8, 4) is 5.69 Å². The molecular formula is C23H26N6O4. The SMILES string of the molecule is CNC(=O)c1cccc(-n2ncc3c(=O)n(CC4(O)CCN(C(=O)C5CC5)CC4)cnc32)c1. The second-order valence-corrected chi connectivity index (χ2v) is 8.92. The molecule has 2 amide bonds. The van der Waals surface area contributed by atoms with Gasteiger partial charge in [-0.1, -0.05) is 6.07 Å². The van der Waals surface area contributed by atoms with Crippen LogP contribution >= 0.6 is 0 Å². The highest BCUT2D eigenvalue weighted by Gasteiger charge is 2.39. The van der Waals surface area contributed by atoms with Gasteiger partial charge in [-0.25, -0.2) is 9.67 Å². The van der Waals surface area contributed by atoms with Gasteiger partial charge in [0.15, 0.2) is 5.65 Å². The first kappa shape index (κ1) is 21.3. The van der Waals surface area contributed by atoms with Crippen molar-refractivity contribution in [1.82, 2.24) is 29.5 Å². The number of carbonyl (C=O) groups excluding carboxylic acids is 2. The number of fused-ring (bicyclic) bond motifs is 1. The predicted octanol–water partition coefficient (Wildman–Crippen LogP) is 0.705. The zero-order valence-electron chi connectivity index (χ0n) is 18.4. The van der Waals surface area contributed by atoms with Gasteiger partial charge in [0.1, 0.15) is 11.7 Å². The molecule has 2 N–H and O–H groups in total. The van der Waals surface area contributed by atoms with E-state index in [2.05, 4.69) is 15.4 Å². The zero-order valence-corrected chi connectivity index (χ0v) is 18.4. The first-order chi connectivity index (χ1) is 15.9. The van der Waals surface area contributed by atoms with Gasteiger partial charge in [-0.2, -0.15) is 5.10 Å². The van der Waals surface area contributed by atoms with Crippen LogP contribution in [0.3, 0.4) is 0 Å². The van der Waals surface area contributed by atoms with Crippen molar-refractivity contribution < 1.29 is 14.7 Å². The summed E-state index contributed by atoms with van der Waals surface area (Å²) in [6.45, 7) is 1.10. The lowest BCUT2D eigenvalue weighted by Crippen LogP contribution is -2.50. The third-order valence-corrected chi connectivity index (χ3v) is 6.53. The molecule has 0 unspecified atom stereocenters. The van der Waals surface area contributed by atoms with Gasteiger partial charge in [0.05, 0.1) is 24.0 Å². The molecule has 33 heavy (non-hydrogen) atoms. The molecule has 0 atom stereocenters. The molecule has 5 rings (SSSR count). The van der Waals surface area contributed by atoms with Crippen molar-refractivity contribution in [2.45, 2.75) is 37.8 Å². The highest BCUT2D eigenvalue weighted by molar-refractivity contribution is 5.94. The lowest BCUT2D eigenvalue weighted by atomic mass is 9.91. The molecule has 2 aliphatic rings. The van der Waals surface area contributed by atoms with Crippen LogP contribution in [0.2, 0.25) is 0 Å². The highest BCUT2D eigenvalue weighted by Crippen LogP contribution is 2.33. The second kappa shape index (κ2) is 8.11. The van der Waals surface area contributed by atoms with Crippen LogP contribution in [0.4, 0.5) is 0 Å². The van der Waals surface area contributed by atoms with Gasteiger partial charge in [0.2, 0.25) is 5.91 Å². The summed E-state index contributed by atoms with van der Waals surface area (Å²) in [6, 6.07) is 6.90. The number of benzene rings is 1. The van der Waals surface area contributed by atoms with Crippen molar-refractivity contribution >= 4 is 22.8 Å². The van der Waals surface area contributed by atoms with E-state index in [0.717, 1.165) is 12.8 Å².